The number of hydrogen-bond donors (Lipinski definition) is 6. The number of aliphatic hydroxyl groups is 1. The highest BCUT2D eigenvalue weighted by Crippen LogP contribution is 2.35. The number of carboxylic acid groups (broad SMARTS) is 1. The van der Waals surface area contributed by atoms with Crippen molar-refractivity contribution in [1.29, 1.82) is 5.41 Å². The molecule has 0 amide bonds. The Morgan fingerprint density at radius 2 is 2.21 bits per heavy atom. The summed E-state index contributed by atoms with van der Waals surface area (Å²) >= 11 is 0. The van der Waals surface area contributed by atoms with Crippen molar-refractivity contribution in [2.24, 2.45) is 11.6 Å². The molecule has 1 aliphatic carbocycles. The van der Waals surface area contributed by atoms with E-state index in [1.807, 2.05) is 6.07 Å². The molecule has 28 heavy (non-hydrogen) atoms. The molecule has 9 heteroatoms. The Morgan fingerprint density at radius 3 is 2.82 bits per heavy atom. The molecule has 0 saturated heterocycles. The number of ether oxygens (including phenoxy) is 1. The number of aliphatic carboxylic acids is 1. The third-order valence-electron chi connectivity index (χ3n) is 5.84. The minimum Gasteiger partial charge on any atom is -0.486 e. The number of rotatable bonds is 7. The van der Waals surface area contributed by atoms with Crippen LogP contribution in [0.2, 0.25) is 0 Å². The highest BCUT2D eigenvalue weighted by atomic mass is 16.7. The first-order chi connectivity index (χ1) is 13.2. The van der Waals surface area contributed by atoms with E-state index in [-0.39, 0.29) is 18.2 Å². The summed E-state index contributed by atoms with van der Waals surface area (Å²) < 4.78 is 5.83. The Labute approximate surface area is 163 Å². The molecule has 2 atom stereocenters. The van der Waals surface area contributed by atoms with Crippen LogP contribution < -0.4 is 21.7 Å². The summed E-state index contributed by atoms with van der Waals surface area (Å²) in [5.74, 6) is 4.91. The van der Waals surface area contributed by atoms with Gasteiger partial charge < -0.3 is 26.0 Å². The van der Waals surface area contributed by atoms with Crippen LogP contribution in [-0.4, -0.2) is 51.9 Å². The Morgan fingerprint density at radius 1 is 1.50 bits per heavy atom. The molecule has 0 spiro atoms. The number of carbonyl (C=O) groups is 1. The van der Waals surface area contributed by atoms with Crippen LogP contribution in [0.1, 0.15) is 43.7 Å². The maximum Gasteiger partial charge on any atom is 0.341 e. The Hall–Kier alpha value is -2.20. The number of carboxylic acids is 1. The number of benzene rings is 1. The lowest BCUT2D eigenvalue weighted by molar-refractivity contribution is -0.179. The van der Waals surface area contributed by atoms with Gasteiger partial charge in [0.2, 0.25) is 5.60 Å². The van der Waals surface area contributed by atoms with Crippen LogP contribution in [0.3, 0.4) is 0 Å². The van der Waals surface area contributed by atoms with Gasteiger partial charge in [-0.1, -0.05) is 0 Å². The van der Waals surface area contributed by atoms with Crippen LogP contribution in [0.15, 0.2) is 18.2 Å². The lowest BCUT2D eigenvalue weighted by atomic mass is 9.71. The van der Waals surface area contributed by atoms with Crippen molar-refractivity contribution < 1.29 is 24.6 Å². The Bertz CT molecular complexity index is 765. The number of fused-ring (bicyclic) bond motifs is 1. The summed E-state index contributed by atoms with van der Waals surface area (Å²) in [5.41, 5.74) is 5.81. The lowest BCUT2D eigenvalue weighted by Gasteiger charge is -2.45. The second-order valence-corrected chi connectivity index (χ2v) is 7.96. The van der Waals surface area contributed by atoms with Crippen molar-refractivity contribution in [3.8, 4) is 5.75 Å². The molecule has 2 aliphatic rings. The van der Waals surface area contributed by atoms with E-state index in [0.29, 0.717) is 30.8 Å². The molecule has 8 N–H and O–H groups in total. The third-order valence-corrected chi connectivity index (χ3v) is 5.84. The van der Waals surface area contributed by atoms with Gasteiger partial charge in [-0.05, 0) is 62.8 Å². The van der Waals surface area contributed by atoms with E-state index in [9.17, 15) is 9.90 Å². The summed E-state index contributed by atoms with van der Waals surface area (Å²) in [6.07, 6.45) is 2.34. The summed E-state index contributed by atoms with van der Waals surface area (Å²) in [6, 6.07) is 5.51. The highest BCUT2D eigenvalue weighted by molar-refractivity contribution is 5.97. The van der Waals surface area contributed by atoms with Gasteiger partial charge in [0, 0.05) is 23.8 Å². The first-order valence-electron chi connectivity index (χ1n) is 9.37. The first-order valence-corrected chi connectivity index (χ1v) is 9.37. The van der Waals surface area contributed by atoms with Gasteiger partial charge in [-0.25, -0.2) is 10.7 Å². The second kappa shape index (κ2) is 7.67. The summed E-state index contributed by atoms with van der Waals surface area (Å²) in [6.45, 7) is 1.47. The molecule has 0 bridgehead atoms. The lowest BCUT2D eigenvalue weighted by Crippen LogP contribution is -2.60. The van der Waals surface area contributed by atoms with Crippen LogP contribution in [0, 0.1) is 5.41 Å². The van der Waals surface area contributed by atoms with E-state index in [1.54, 1.807) is 12.1 Å². The quantitative estimate of drug-likeness (QED) is 0.219. The molecule has 9 nitrogen and oxygen atoms in total. The maximum absolute atomic E-state index is 11.5. The van der Waals surface area contributed by atoms with Gasteiger partial charge in [-0.2, -0.15) is 0 Å². The predicted molar refractivity (Wildman–Crippen MR) is 102 cm³/mol. The van der Waals surface area contributed by atoms with Crippen LogP contribution in [-0.2, 0) is 16.1 Å². The van der Waals surface area contributed by atoms with E-state index in [1.165, 1.54) is 6.92 Å². The van der Waals surface area contributed by atoms with Gasteiger partial charge in [0.05, 0.1) is 0 Å². The molecule has 0 unspecified atom stereocenters. The van der Waals surface area contributed by atoms with Crippen molar-refractivity contribution in [2.75, 3.05) is 6.61 Å². The summed E-state index contributed by atoms with van der Waals surface area (Å²) in [5, 5.41) is 29.9. The molecule has 1 saturated carbocycles. The highest BCUT2D eigenvalue weighted by Gasteiger charge is 2.46. The van der Waals surface area contributed by atoms with Crippen LogP contribution in [0.25, 0.3) is 0 Å². The van der Waals surface area contributed by atoms with Crippen LogP contribution >= 0.6 is 0 Å². The average molecular weight is 392 g/mol. The van der Waals surface area contributed by atoms with Gasteiger partial charge >= 0.3 is 5.97 Å². The van der Waals surface area contributed by atoms with Crippen molar-refractivity contribution in [3.05, 3.63) is 29.3 Å². The minimum absolute atomic E-state index is 0.0720. The molecule has 154 valence electrons. The predicted octanol–water partition coefficient (Wildman–Crippen LogP) is 0.271. The molecule has 1 aromatic rings. The van der Waals surface area contributed by atoms with Gasteiger partial charge in [0.25, 0.3) is 0 Å². The molecule has 1 aliphatic heterocycles. The zero-order valence-corrected chi connectivity index (χ0v) is 15.9. The molecule has 0 aromatic heterocycles. The molecular formula is C19H28N4O5. The maximum atomic E-state index is 11.5. The van der Waals surface area contributed by atoms with E-state index in [0.717, 1.165) is 24.0 Å². The fraction of sp³-hybridized carbons (Fsp3) is 0.579. The number of amidine groups is 1. The Kier molecular flexibility index (Phi) is 5.62. The zero-order chi connectivity index (χ0) is 20.5. The van der Waals surface area contributed by atoms with Gasteiger partial charge in [-0.3, -0.25) is 10.2 Å². The topological polar surface area (TPSA) is 164 Å². The van der Waals surface area contributed by atoms with Gasteiger partial charge in [-0.15, -0.1) is 0 Å². The monoisotopic (exact) mass is 392 g/mol. The van der Waals surface area contributed by atoms with Crippen molar-refractivity contribution >= 4 is 11.8 Å². The fourth-order valence-electron chi connectivity index (χ4n) is 3.93. The number of nitrogens with two attached hydrogens (primary N) is 2. The molecule has 1 fully saturated rings. The zero-order valence-electron chi connectivity index (χ0n) is 15.9. The van der Waals surface area contributed by atoms with E-state index in [4.69, 9.17) is 31.7 Å². The fourth-order valence-corrected chi connectivity index (χ4v) is 3.93. The number of aryl methyl sites for hydroxylation is 1. The SMILES string of the molecule is C[C@@](ON)(C(=O)O)[C@H]1CCc2cc(C(=N)N[C@H]3C[C@](N)(CCO)C3)ccc2O1. The smallest absolute Gasteiger partial charge is 0.341 e. The van der Waals surface area contributed by atoms with E-state index in [2.05, 4.69) is 5.32 Å². The molecule has 1 heterocycles. The molecular weight excluding hydrogens is 364 g/mol. The Balaban J connectivity index is 1.64. The van der Waals surface area contributed by atoms with E-state index >= 15 is 0 Å². The summed E-state index contributed by atoms with van der Waals surface area (Å²) in [4.78, 5) is 16.2. The largest absolute Gasteiger partial charge is 0.486 e. The molecule has 1 aromatic carbocycles. The van der Waals surface area contributed by atoms with Crippen molar-refractivity contribution in [2.45, 2.75) is 62.3 Å². The van der Waals surface area contributed by atoms with E-state index < -0.39 is 17.7 Å². The number of nitrogens with one attached hydrogen (secondary N) is 2. The van der Waals surface area contributed by atoms with Gasteiger partial charge in [0.15, 0.2) is 0 Å². The molecule has 0 radical (unpaired) electrons. The van der Waals surface area contributed by atoms with Gasteiger partial charge in [0.1, 0.15) is 17.7 Å². The third kappa shape index (κ3) is 3.83. The normalized spacial score (nSPS) is 28.3. The minimum atomic E-state index is -1.63. The first kappa shape index (κ1) is 20.5. The molecule has 3 rings (SSSR count). The standard InChI is InChI=1S/C19H28N4O5/c1-18(28-22,17(25)26)15-5-3-11-8-12(2-4-14(11)27-15)16(20)23-13-9-19(21,10-13)6-7-24/h2,4,8,13,15,24H,3,5-7,9-10,21-22H2,1H3,(H2,20,23)(H,25,26)/t13-,15-,18+,19+/m1/s1. The second-order valence-electron chi connectivity index (χ2n) is 7.96. The van der Waals surface area contributed by atoms with Crippen molar-refractivity contribution in [1.82, 2.24) is 5.32 Å². The number of hydrogen-bond acceptors (Lipinski definition) is 7. The number of aliphatic hydroxyl groups excluding tert-OH is 1. The van der Waals surface area contributed by atoms with Crippen LogP contribution in [0.4, 0.5) is 0 Å². The van der Waals surface area contributed by atoms with Crippen LogP contribution in [0.5, 0.6) is 5.75 Å². The van der Waals surface area contributed by atoms with Crippen molar-refractivity contribution in [3.63, 3.8) is 0 Å². The average Bonchev–Trinajstić information content (AvgIpc) is 2.65. The summed E-state index contributed by atoms with van der Waals surface area (Å²) in [7, 11) is 0.